The lowest BCUT2D eigenvalue weighted by molar-refractivity contribution is -0.135. The number of thiazole rings is 1. The number of aromatic nitrogens is 1. The molecular weight excluding hydrogens is 368 g/mol. The smallest absolute Gasteiger partial charge is 0.236 e. The molecule has 1 saturated heterocycles. The summed E-state index contributed by atoms with van der Waals surface area (Å²) in [6.07, 6.45) is 5.10. The summed E-state index contributed by atoms with van der Waals surface area (Å²) in [6, 6.07) is 7.46. The topological polar surface area (TPSA) is 39.7 Å². The van der Waals surface area contributed by atoms with Gasteiger partial charge in [0.1, 0.15) is 0 Å². The third-order valence-electron chi connectivity index (χ3n) is 6.64. The number of rotatable bonds is 4. The van der Waals surface area contributed by atoms with Crippen LogP contribution in [0.15, 0.2) is 29.1 Å². The molecule has 3 heterocycles. The summed E-state index contributed by atoms with van der Waals surface area (Å²) >= 11 is 1.63. The van der Waals surface area contributed by atoms with Gasteiger partial charge in [-0.25, -0.2) is 4.98 Å². The molecule has 0 unspecified atom stereocenters. The Morgan fingerprint density at radius 3 is 2.68 bits per heavy atom. The highest BCUT2D eigenvalue weighted by Crippen LogP contribution is 2.27. The van der Waals surface area contributed by atoms with E-state index in [1.165, 1.54) is 36.0 Å². The van der Waals surface area contributed by atoms with E-state index in [9.17, 15) is 4.79 Å². The van der Waals surface area contributed by atoms with Crippen molar-refractivity contribution in [2.75, 3.05) is 39.3 Å². The molecule has 0 N–H and O–H groups in total. The van der Waals surface area contributed by atoms with Gasteiger partial charge >= 0.3 is 0 Å². The number of hydrogen-bond acceptors (Lipinski definition) is 5. The molecule has 2 fully saturated rings. The fraction of sp³-hybridized carbons (Fsp3) is 0.545. The van der Waals surface area contributed by atoms with E-state index < -0.39 is 0 Å². The van der Waals surface area contributed by atoms with Crippen molar-refractivity contribution in [3.63, 3.8) is 0 Å². The summed E-state index contributed by atoms with van der Waals surface area (Å²) in [5.41, 5.74) is 6.91. The van der Waals surface area contributed by atoms with Gasteiger partial charge in [0.05, 0.1) is 17.7 Å². The minimum Gasteiger partial charge on any atom is -0.339 e. The summed E-state index contributed by atoms with van der Waals surface area (Å²) in [5.74, 6) is 0.302. The van der Waals surface area contributed by atoms with Crippen LogP contribution in [0.3, 0.4) is 0 Å². The zero-order valence-corrected chi connectivity index (χ0v) is 17.2. The second-order valence-corrected chi connectivity index (χ2v) is 9.04. The lowest BCUT2D eigenvalue weighted by Crippen LogP contribution is -2.55. The van der Waals surface area contributed by atoms with Crippen LogP contribution < -0.4 is 0 Å². The first kappa shape index (κ1) is 18.3. The Bertz CT molecular complexity index is 825. The molecule has 5 rings (SSSR count). The van der Waals surface area contributed by atoms with Crippen LogP contribution in [0.5, 0.6) is 0 Å². The van der Waals surface area contributed by atoms with E-state index in [2.05, 4.69) is 43.3 Å². The third-order valence-corrected chi connectivity index (χ3v) is 7.23. The van der Waals surface area contributed by atoms with Crippen LogP contribution in [0.25, 0.3) is 11.3 Å². The van der Waals surface area contributed by atoms with Crippen molar-refractivity contribution in [1.82, 2.24) is 19.7 Å². The van der Waals surface area contributed by atoms with Gasteiger partial charge in [0, 0.05) is 56.3 Å². The van der Waals surface area contributed by atoms with Gasteiger partial charge in [-0.15, -0.1) is 11.3 Å². The first-order valence-corrected chi connectivity index (χ1v) is 11.4. The van der Waals surface area contributed by atoms with Crippen molar-refractivity contribution in [3.05, 3.63) is 40.2 Å². The molecule has 148 valence electrons. The molecule has 0 bridgehead atoms. The van der Waals surface area contributed by atoms with Crippen molar-refractivity contribution in [3.8, 4) is 11.3 Å². The van der Waals surface area contributed by atoms with Gasteiger partial charge in [0.25, 0.3) is 0 Å². The van der Waals surface area contributed by atoms with Gasteiger partial charge in [0.2, 0.25) is 5.91 Å². The van der Waals surface area contributed by atoms with E-state index in [1.54, 1.807) is 11.3 Å². The van der Waals surface area contributed by atoms with Gasteiger partial charge in [-0.1, -0.05) is 18.6 Å². The molecule has 2 aromatic rings. The van der Waals surface area contributed by atoms with E-state index in [-0.39, 0.29) is 0 Å². The molecular formula is C22H28N4OS. The molecule has 3 aliphatic rings. The maximum absolute atomic E-state index is 12.8. The Labute approximate surface area is 171 Å². The van der Waals surface area contributed by atoms with Crippen molar-refractivity contribution in [2.45, 2.75) is 38.3 Å². The lowest BCUT2D eigenvalue weighted by atomic mass is 9.91. The fourth-order valence-electron chi connectivity index (χ4n) is 4.64. The number of carbonyl (C=O) groups excluding carboxylic acids is 1. The molecule has 28 heavy (non-hydrogen) atoms. The second kappa shape index (κ2) is 7.93. The normalized spacial score (nSPS) is 21.4. The summed E-state index contributed by atoms with van der Waals surface area (Å²) < 4.78 is 0. The number of fused-ring (bicyclic) bond motifs is 1. The number of nitrogens with zero attached hydrogens (tertiary/aromatic N) is 4. The molecule has 0 atom stereocenters. The molecule has 0 radical (unpaired) electrons. The summed E-state index contributed by atoms with van der Waals surface area (Å²) in [4.78, 5) is 24.2. The second-order valence-electron chi connectivity index (χ2n) is 8.32. The third kappa shape index (κ3) is 3.73. The highest BCUT2D eigenvalue weighted by Gasteiger charge is 2.30. The molecule has 2 aliphatic heterocycles. The Morgan fingerprint density at radius 2 is 1.96 bits per heavy atom. The standard InChI is InChI=1S/C22H28N4OS/c27-22(26-10-8-25(9-11-26)20-2-1-3-20)14-24-7-6-17-12-18(4-5-19(17)13-24)21-15-28-16-23-21/h4-5,12,15-16,20H,1-3,6-11,13-14H2. The summed E-state index contributed by atoms with van der Waals surface area (Å²) in [6.45, 7) is 6.29. The van der Waals surface area contributed by atoms with Crippen LogP contribution in [0.2, 0.25) is 0 Å². The number of benzene rings is 1. The minimum absolute atomic E-state index is 0.302. The Balaban J connectivity index is 1.16. The fourth-order valence-corrected chi connectivity index (χ4v) is 5.20. The Hall–Kier alpha value is -1.76. The molecule has 5 nitrogen and oxygen atoms in total. The predicted octanol–water partition coefficient (Wildman–Crippen LogP) is 2.86. The minimum atomic E-state index is 0.302. The molecule has 1 aromatic carbocycles. The SMILES string of the molecule is O=C(CN1CCc2cc(-c3cscn3)ccc2C1)N1CCN(C2CCC2)CC1. The molecule has 0 spiro atoms. The summed E-state index contributed by atoms with van der Waals surface area (Å²) in [5, 5.41) is 2.10. The zero-order valence-electron chi connectivity index (χ0n) is 16.3. The van der Waals surface area contributed by atoms with Crippen LogP contribution in [0.1, 0.15) is 30.4 Å². The average Bonchev–Trinajstić information content (AvgIpc) is 3.21. The van der Waals surface area contributed by atoms with Crippen LogP contribution in [0.4, 0.5) is 0 Å². The highest BCUT2D eigenvalue weighted by atomic mass is 32.1. The van der Waals surface area contributed by atoms with E-state index in [0.717, 1.165) is 57.4 Å². The number of carbonyl (C=O) groups is 1. The Kier molecular flexibility index (Phi) is 5.18. The summed E-state index contributed by atoms with van der Waals surface area (Å²) in [7, 11) is 0. The first-order chi connectivity index (χ1) is 13.8. The Morgan fingerprint density at radius 1 is 1.11 bits per heavy atom. The van der Waals surface area contributed by atoms with Gasteiger partial charge in [0.15, 0.2) is 0 Å². The molecule has 1 saturated carbocycles. The number of amides is 1. The molecule has 1 aromatic heterocycles. The van der Waals surface area contributed by atoms with Crippen LogP contribution in [-0.2, 0) is 17.8 Å². The van der Waals surface area contributed by atoms with Crippen LogP contribution in [-0.4, -0.2) is 70.9 Å². The lowest BCUT2D eigenvalue weighted by Gasteiger charge is -2.43. The number of hydrogen-bond donors (Lipinski definition) is 0. The largest absolute Gasteiger partial charge is 0.339 e. The molecule has 1 aliphatic carbocycles. The molecule has 1 amide bonds. The van der Waals surface area contributed by atoms with Gasteiger partial charge < -0.3 is 4.90 Å². The zero-order chi connectivity index (χ0) is 18.9. The van der Waals surface area contributed by atoms with E-state index >= 15 is 0 Å². The van der Waals surface area contributed by atoms with E-state index in [0.29, 0.717) is 12.5 Å². The predicted molar refractivity (Wildman–Crippen MR) is 112 cm³/mol. The van der Waals surface area contributed by atoms with Crippen LogP contribution in [0, 0.1) is 0 Å². The van der Waals surface area contributed by atoms with Gasteiger partial charge in [-0.3, -0.25) is 14.6 Å². The first-order valence-electron chi connectivity index (χ1n) is 10.5. The maximum Gasteiger partial charge on any atom is 0.236 e. The van der Waals surface area contributed by atoms with E-state index in [1.807, 2.05) is 5.51 Å². The monoisotopic (exact) mass is 396 g/mol. The highest BCUT2D eigenvalue weighted by molar-refractivity contribution is 7.07. The van der Waals surface area contributed by atoms with E-state index in [4.69, 9.17) is 0 Å². The van der Waals surface area contributed by atoms with Crippen molar-refractivity contribution in [1.29, 1.82) is 0 Å². The van der Waals surface area contributed by atoms with Crippen molar-refractivity contribution >= 4 is 17.2 Å². The number of piperazine rings is 1. The quantitative estimate of drug-likeness (QED) is 0.797. The van der Waals surface area contributed by atoms with Gasteiger partial charge in [-0.05, 0) is 36.5 Å². The van der Waals surface area contributed by atoms with Crippen molar-refractivity contribution < 1.29 is 4.79 Å². The molecule has 6 heteroatoms. The maximum atomic E-state index is 12.8. The average molecular weight is 397 g/mol. The van der Waals surface area contributed by atoms with Gasteiger partial charge in [-0.2, -0.15) is 0 Å². The van der Waals surface area contributed by atoms with Crippen molar-refractivity contribution in [2.24, 2.45) is 0 Å². The van der Waals surface area contributed by atoms with Crippen LogP contribution >= 0.6 is 11.3 Å².